The molecule has 1 N–H and O–H groups in total. The maximum absolute atomic E-state index is 10.4. The van der Waals surface area contributed by atoms with Crippen LogP contribution < -0.4 is 4.74 Å². The number of hydrogen-bond donors (Lipinski definition) is 1. The lowest BCUT2D eigenvalue weighted by molar-refractivity contribution is 0.128. The van der Waals surface area contributed by atoms with Crippen LogP contribution in [0.5, 0.6) is 5.75 Å². The van der Waals surface area contributed by atoms with Crippen molar-refractivity contribution in [3.8, 4) is 5.75 Å². The zero-order valence-electron chi connectivity index (χ0n) is 9.70. The van der Waals surface area contributed by atoms with Gasteiger partial charge in [0.15, 0.2) is 0 Å². The first-order valence-corrected chi connectivity index (χ1v) is 7.86. The van der Waals surface area contributed by atoms with Crippen molar-refractivity contribution in [3.63, 3.8) is 0 Å². The van der Waals surface area contributed by atoms with Crippen LogP contribution in [0.2, 0.25) is 0 Å². The molecule has 2 atom stereocenters. The summed E-state index contributed by atoms with van der Waals surface area (Å²) in [5, 5.41) is 10.4. The zero-order valence-corrected chi connectivity index (χ0v) is 12.1. The third kappa shape index (κ3) is 1.90. The Kier molecular flexibility index (Phi) is 3.13. The first-order valence-electron chi connectivity index (χ1n) is 5.91. The molecule has 1 aromatic rings. The predicted octanol–water partition coefficient (Wildman–Crippen LogP) is 3.30. The molecular weight excluding hydrogens is 300 g/mol. The van der Waals surface area contributed by atoms with Crippen LogP contribution in [0.15, 0.2) is 10.5 Å². The second-order valence-electron chi connectivity index (χ2n) is 4.77. The van der Waals surface area contributed by atoms with Crippen LogP contribution in [0.1, 0.15) is 29.7 Å². The Bertz CT molecular complexity index is 461. The first kappa shape index (κ1) is 11.9. The molecule has 0 radical (unpaired) electrons. The van der Waals surface area contributed by atoms with E-state index < -0.39 is 0 Å². The average Bonchev–Trinajstić information content (AvgIpc) is 2.69. The Hall–Kier alpha value is -0.190. The van der Waals surface area contributed by atoms with Crippen LogP contribution >= 0.6 is 27.7 Å². The molecule has 0 amide bonds. The number of aliphatic hydroxyl groups excluding tert-OH is 1. The van der Waals surface area contributed by atoms with Crippen molar-refractivity contribution in [2.75, 3.05) is 12.4 Å². The highest BCUT2D eigenvalue weighted by Gasteiger charge is 2.30. The fourth-order valence-corrected chi connectivity index (χ4v) is 4.48. The summed E-state index contributed by atoms with van der Waals surface area (Å²) < 4.78 is 6.79. The highest BCUT2D eigenvalue weighted by Crippen LogP contribution is 2.45. The minimum absolute atomic E-state index is 0.289. The molecule has 92 valence electrons. The minimum atomic E-state index is -0.385. The van der Waals surface area contributed by atoms with Gasteiger partial charge in [0.25, 0.3) is 0 Å². The zero-order chi connectivity index (χ0) is 12.0. The van der Waals surface area contributed by atoms with Crippen LogP contribution in [0.4, 0.5) is 0 Å². The molecule has 0 saturated carbocycles. The molecule has 2 aliphatic heterocycles. The maximum Gasteiger partial charge on any atom is 0.127 e. The van der Waals surface area contributed by atoms with Crippen LogP contribution in [-0.2, 0) is 12.2 Å². The second kappa shape index (κ2) is 4.48. The largest absolute Gasteiger partial charge is 0.493 e. The summed E-state index contributed by atoms with van der Waals surface area (Å²) in [6.07, 6.45) is 0.598. The van der Waals surface area contributed by atoms with E-state index in [-0.39, 0.29) is 12.0 Å². The number of fused-ring (bicyclic) bond motifs is 3. The Morgan fingerprint density at radius 2 is 2.35 bits per heavy atom. The molecule has 4 heteroatoms. The molecule has 2 heterocycles. The molecule has 0 aliphatic carbocycles. The summed E-state index contributed by atoms with van der Waals surface area (Å²) >= 11 is 5.50. The molecule has 2 aliphatic rings. The van der Waals surface area contributed by atoms with Crippen LogP contribution in [-0.4, -0.2) is 17.5 Å². The lowest BCUT2D eigenvalue weighted by atomic mass is 9.93. The lowest BCUT2D eigenvalue weighted by Crippen LogP contribution is -2.11. The highest BCUT2D eigenvalue weighted by atomic mass is 79.9. The minimum Gasteiger partial charge on any atom is -0.493 e. The van der Waals surface area contributed by atoms with Crippen LogP contribution in [0.25, 0.3) is 0 Å². The summed E-state index contributed by atoms with van der Waals surface area (Å²) in [5.74, 6) is 3.26. The number of ether oxygens (including phenoxy) is 1. The molecule has 2 unspecified atom stereocenters. The van der Waals surface area contributed by atoms with E-state index in [9.17, 15) is 5.11 Å². The van der Waals surface area contributed by atoms with Crippen molar-refractivity contribution in [3.05, 3.63) is 27.2 Å². The smallest absolute Gasteiger partial charge is 0.127 e. The monoisotopic (exact) mass is 314 g/mol. The number of hydrogen-bond acceptors (Lipinski definition) is 3. The molecule has 3 rings (SSSR count). The van der Waals surface area contributed by atoms with Gasteiger partial charge in [0.05, 0.1) is 12.7 Å². The van der Waals surface area contributed by atoms with Gasteiger partial charge < -0.3 is 9.84 Å². The van der Waals surface area contributed by atoms with Gasteiger partial charge >= 0.3 is 0 Å². The van der Waals surface area contributed by atoms with Gasteiger partial charge in [-0.15, -0.1) is 0 Å². The third-order valence-corrected chi connectivity index (χ3v) is 5.44. The van der Waals surface area contributed by atoms with Crippen molar-refractivity contribution < 1.29 is 9.84 Å². The van der Waals surface area contributed by atoms with Crippen LogP contribution in [0, 0.1) is 5.92 Å². The fourth-order valence-electron chi connectivity index (χ4n) is 2.57. The molecule has 0 spiro atoms. The Balaban J connectivity index is 2.19. The third-order valence-electron chi connectivity index (χ3n) is 3.53. The molecule has 17 heavy (non-hydrogen) atoms. The SMILES string of the molecule is CC1CSCc2c3c(cc(Br)c2C1O)CCO3. The number of halogens is 1. The van der Waals surface area contributed by atoms with Gasteiger partial charge in [-0.3, -0.25) is 0 Å². The number of aliphatic hydroxyl groups is 1. The molecule has 0 aromatic heterocycles. The fraction of sp³-hybridized carbons (Fsp3) is 0.538. The second-order valence-corrected chi connectivity index (χ2v) is 6.66. The van der Waals surface area contributed by atoms with Gasteiger partial charge in [-0.25, -0.2) is 0 Å². The van der Waals surface area contributed by atoms with Crippen molar-refractivity contribution in [2.45, 2.75) is 25.2 Å². The van der Waals surface area contributed by atoms with E-state index in [0.29, 0.717) is 0 Å². The standard InChI is InChI=1S/C13H15BrO2S/c1-7-5-17-6-9-11(12(7)15)10(14)4-8-2-3-16-13(8)9/h4,7,12,15H,2-3,5-6H2,1H3. The predicted molar refractivity (Wildman–Crippen MR) is 73.6 cm³/mol. The van der Waals surface area contributed by atoms with Gasteiger partial charge in [0.2, 0.25) is 0 Å². The van der Waals surface area contributed by atoms with E-state index in [0.717, 1.165) is 40.3 Å². The Labute approximate surface area is 114 Å². The van der Waals surface area contributed by atoms with Crippen LogP contribution in [0.3, 0.4) is 0 Å². The molecule has 0 saturated heterocycles. The number of rotatable bonds is 0. The summed E-state index contributed by atoms with van der Waals surface area (Å²) in [6, 6.07) is 2.12. The van der Waals surface area contributed by atoms with Gasteiger partial charge in [0, 0.05) is 27.8 Å². The summed E-state index contributed by atoms with van der Waals surface area (Å²) in [5.41, 5.74) is 3.52. The van der Waals surface area contributed by atoms with Crippen molar-refractivity contribution >= 4 is 27.7 Å². The summed E-state index contributed by atoms with van der Waals surface area (Å²) in [7, 11) is 0. The van der Waals surface area contributed by atoms with Crippen molar-refractivity contribution in [1.82, 2.24) is 0 Å². The number of thioether (sulfide) groups is 1. The molecule has 1 aromatic carbocycles. The van der Waals surface area contributed by atoms with Gasteiger partial charge in [-0.1, -0.05) is 22.9 Å². The van der Waals surface area contributed by atoms with E-state index in [1.165, 1.54) is 11.1 Å². The van der Waals surface area contributed by atoms with Gasteiger partial charge in [-0.05, 0) is 23.3 Å². The normalized spacial score (nSPS) is 27.0. The molecule has 2 nitrogen and oxygen atoms in total. The highest BCUT2D eigenvalue weighted by molar-refractivity contribution is 9.10. The van der Waals surface area contributed by atoms with Gasteiger partial charge in [-0.2, -0.15) is 11.8 Å². The summed E-state index contributed by atoms with van der Waals surface area (Å²) in [4.78, 5) is 0. The first-order chi connectivity index (χ1) is 8.18. The average molecular weight is 315 g/mol. The van der Waals surface area contributed by atoms with Gasteiger partial charge in [0.1, 0.15) is 5.75 Å². The van der Waals surface area contributed by atoms with E-state index in [1.807, 2.05) is 11.8 Å². The van der Waals surface area contributed by atoms with E-state index in [2.05, 4.69) is 28.9 Å². The summed E-state index contributed by atoms with van der Waals surface area (Å²) in [6.45, 7) is 2.88. The lowest BCUT2D eigenvalue weighted by Gasteiger charge is -2.20. The van der Waals surface area contributed by atoms with E-state index >= 15 is 0 Å². The van der Waals surface area contributed by atoms with E-state index in [4.69, 9.17) is 4.74 Å². The molecule has 0 fully saturated rings. The van der Waals surface area contributed by atoms with Crippen molar-refractivity contribution in [2.24, 2.45) is 5.92 Å². The molecular formula is C13H15BrO2S. The quantitative estimate of drug-likeness (QED) is 0.796. The van der Waals surface area contributed by atoms with E-state index in [1.54, 1.807) is 0 Å². The number of benzene rings is 1. The topological polar surface area (TPSA) is 29.5 Å². The molecule has 0 bridgehead atoms. The van der Waals surface area contributed by atoms with Crippen molar-refractivity contribution in [1.29, 1.82) is 0 Å². The Morgan fingerprint density at radius 1 is 1.53 bits per heavy atom. The Morgan fingerprint density at radius 3 is 3.18 bits per heavy atom. The maximum atomic E-state index is 10.4.